The zero-order valence-corrected chi connectivity index (χ0v) is 18.5. The monoisotopic (exact) mass is 432 g/mol. The Kier molecular flexibility index (Phi) is 7.96. The maximum absolute atomic E-state index is 11.7. The second kappa shape index (κ2) is 9.05. The molecule has 1 rings (SSSR count). The molecule has 0 saturated heterocycles. The number of benzene rings is 1. The Morgan fingerprint density at radius 1 is 1.20 bits per heavy atom. The molecule has 0 spiro atoms. The fourth-order valence-electron chi connectivity index (χ4n) is 1.89. The molecule has 5 nitrogen and oxygen atoms in total. The van der Waals surface area contributed by atoms with Crippen molar-refractivity contribution >= 4 is 30.2 Å². The highest BCUT2D eigenvalue weighted by Crippen LogP contribution is 2.37. The van der Waals surface area contributed by atoms with E-state index in [1.54, 1.807) is 32.9 Å². The molecule has 0 aromatic heterocycles. The maximum Gasteiger partial charge on any atom is 0.514 e. The van der Waals surface area contributed by atoms with Gasteiger partial charge in [-0.15, -0.1) is 0 Å². The van der Waals surface area contributed by atoms with Gasteiger partial charge in [0.25, 0.3) is 0 Å². The Bertz CT molecular complexity index is 590. The van der Waals surface area contributed by atoms with Crippen molar-refractivity contribution in [3.63, 3.8) is 0 Å². The first-order chi connectivity index (χ1) is 11.4. The predicted octanol–water partition coefficient (Wildman–Crippen LogP) is 5.37. The summed E-state index contributed by atoms with van der Waals surface area (Å²) < 4.78 is 16.2. The summed E-state index contributed by atoms with van der Waals surface area (Å²) in [6.07, 6.45) is -0.224. The molecule has 1 N–H and O–H groups in total. The number of hydrogen-bond donors (Lipinski definition) is 1. The molecule has 0 saturated carbocycles. The van der Waals surface area contributed by atoms with E-state index in [4.69, 9.17) is 14.2 Å². The van der Waals surface area contributed by atoms with Crippen molar-refractivity contribution < 1.29 is 24.1 Å². The van der Waals surface area contributed by atoms with E-state index in [-0.39, 0.29) is 11.5 Å². The largest absolute Gasteiger partial charge is 0.514 e. The van der Waals surface area contributed by atoms with Gasteiger partial charge in [0.1, 0.15) is 15.8 Å². The van der Waals surface area contributed by atoms with E-state index in [0.29, 0.717) is 17.5 Å². The van der Waals surface area contributed by atoms with E-state index in [0.717, 1.165) is 18.2 Å². The molecule has 1 aromatic carbocycles. The third-order valence-corrected chi connectivity index (χ3v) is 5.73. The number of hydrogen-bond acceptors (Lipinski definition) is 5. The lowest BCUT2D eigenvalue weighted by Gasteiger charge is -2.19. The molecule has 0 aliphatic heterocycles. The van der Waals surface area contributed by atoms with Gasteiger partial charge < -0.3 is 19.3 Å². The molecule has 0 aliphatic carbocycles. The standard InChI is InChI=1S/C18H29BrO5Si/c1-18(2,3)24-17(21)23-14-8-7-13(16(20)15(14)19)9-10-22-11-12-25(4,5)6/h7-8,20H,9-12H2,1-6H3. The average Bonchev–Trinajstić information content (AvgIpc) is 2.42. The summed E-state index contributed by atoms with van der Waals surface area (Å²) in [5, 5.41) is 10.3. The van der Waals surface area contributed by atoms with Gasteiger partial charge in [-0.25, -0.2) is 4.79 Å². The highest BCUT2D eigenvalue weighted by molar-refractivity contribution is 9.10. The van der Waals surface area contributed by atoms with Crippen molar-refractivity contribution in [2.75, 3.05) is 13.2 Å². The fraction of sp³-hybridized carbons (Fsp3) is 0.611. The van der Waals surface area contributed by atoms with Crippen LogP contribution in [0.4, 0.5) is 4.79 Å². The van der Waals surface area contributed by atoms with Crippen molar-refractivity contribution in [2.45, 2.75) is 58.5 Å². The van der Waals surface area contributed by atoms with Crippen LogP contribution in [0.5, 0.6) is 11.5 Å². The third kappa shape index (κ3) is 8.74. The van der Waals surface area contributed by atoms with Crippen LogP contribution in [0, 0.1) is 0 Å². The van der Waals surface area contributed by atoms with E-state index >= 15 is 0 Å². The quantitative estimate of drug-likeness (QED) is 0.271. The molecule has 0 atom stereocenters. The Morgan fingerprint density at radius 2 is 1.84 bits per heavy atom. The van der Waals surface area contributed by atoms with Crippen LogP contribution >= 0.6 is 15.9 Å². The Labute approximate surface area is 159 Å². The van der Waals surface area contributed by atoms with Crippen LogP contribution in [-0.2, 0) is 15.9 Å². The van der Waals surface area contributed by atoms with Gasteiger partial charge in [0.15, 0.2) is 5.75 Å². The van der Waals surface area contributed by atoms with Crippen LogP contribution in [0.25, 0.3) is 0 Å². The minimum Gasteiger partial charge on any atom is -0.506 e. The van der Waals surface area contributed by atoms with E-state index in [2.05, 4.69) is 35.6 Å². The lowest BCUT2D eigenvalue weighted by molar-refractivity contribution is 0.0204. The zero-order chi connectivity index (χ0) is 19.3. The highest BCUT2D eigenvalue weighted by Gasteiger charge is 2.20. The minimum atomic E-state index is -1.09. The third-order valence-electron chi connectivity index (χ3n) is 3.26. The van der Waals surface area contributed by atoms with Gasteiger partial charge in [0.05, 0.1) is 6.61 Å². The summed E-state index contributed by atoms with van der Waals surface area (Å²) in [6.45, 7) is 13.5. The van der Waals surface area contributed by atoms with Gasteiger partial charge in [-0.1, -0.05) is 25.7 Å². The molecule has 25 heavy (non-hydrogen) atoms. The number of ether oxygens (including phenoxy) is 3. The molecular formula is C18H29BrO5Si. The Hall–Kier alpha value is -1.05. The smallest absolute Gasteiger partial charge is 0.506 e. The molecule has 0 fully saturated rings. The van der Waals surface area contributed by atoms with Gasteiger partial charge in [-0.2, -0.15) is 0 Å². The Morgan fingerprint density at radius 3 is 2.40 bits per heavy atom. The SMILES string of the molecule is CC(C)(C)OC(=O)Oc1ccc(CCOCC[Si](C)(C)C)c(O)c1Br. The summed E-state index contributed by atoms with van der Waals surface area (Å²) in [7, 11) is -1.09. The summed E-state index contributed by atoms with van der Waals surface area (Å²) in [5.74, 6) is 0.269. The van der Waals surface area contributed by atoms with Crippen molar-refractivity contribution in [1.82, 2.24) is 0 Å². The molecule has 0 aliphatic rings. The van der Waals surface area contributed by atoms with Gasteiger partial charge in [-0.3, -0.25) is 0 Å². The maximum atomic E-state index is 11.7. The van der Waals surface area contributed by atoms with Crippen LogP contribution in [-0.4, -0.2) is 38.2 Å². The van der Waals surface area contributed by atoms with Crippen LogP contribution in [0.15, 0.2) is 16.6 Å². The summed E-state index contributed by atoms with van der Waals surface area (Å²) in [5.41, 5.74) is 0.0927. The van der Waals surface area contributed by atoms with Gasteiger partial charge >= 0.3 is 6.16 Å². The number of phenols is 1. The molecule has 0 amide bonds. The first kappa shape index (κ1) is 22.0. The molecular weight excluding hydrogens is 404 g/mol. The molecule has 0 bridgehead atoms. The molecule has 0 unspecified atom stereocenters. The zero-order valence-electron chi connectivity index (χ0n) is 15.9. The van der Waals surface area contributed by atoms with Crippen LogP contribution in [0.3, 0.4) is 0 Å². The van der Waals surface area contributed by atoms with E-state index in [1.165, 1.54) is 0 Å². The first-order valence-electron chi connectivity index (χ1n) is 8.38. The summed E-state index contributed by atoms with van der Waals surface area (Å²) >= 11 is 3.27. The Balaban J connectivity index is 2.59. The summed E-state index contributed by atoms with van der Waals surface area (Å²) in [4.78, 5) is 11.7. The lowest BCUT2D eigenvalue weighted by Crippen LogP contribution is -2.26. The van der Waals surface area contributed by atoms with E-state index in [1.807, 2.05) is 0 Å². The molecule has 0 heterocycles. The molecule has 0 radical (unpaired) electrons. The second-order valence-corrected chi connectivity index (χ2v) is 14.5. The number of carbonyl (C=O) groups is 1. The molecule has 142 valence electrons. The highest BCUT2D eigenvalue weighted by atomic mass is 79.9. The van der Waals surface area contributed by atoms with Crippen molar-refractivity contribution in [2.24, 2.45) is 0 Å². The molecule has 7 heteroatoms. The van der Waals surface area contributed by atoms with Crippen molar-refractivity contribution in [3.8, 4) is 11.5 Å². The number of phenolic OH excluding ortho intramolecular Hbond substituents is 1. The van der Waals surface area contributed by atoms with Gasteiger partial charge in [-0.05, 0) is 60.8 Å². The topological polar surface area (TPSA) is 65.0 Å². The minimum absolute atomic E-state index is 0.0508. The normalized spacial score (nSPS) is 12.1. The van der Waals surface area contributed by atoms with Crippen LogP contribution < -0.4 is 4.74 Å². The average molecular weight is 433 g/mol. The van der Waals surface area contributed by atoms with Crippen molar-refractivity contribution in [1.29, 1.82) is 0 Å². The number of aromatic hydroxyl groups is 1. The van der Waals surface area contributed by atoms with E-state index < -0.39 is 19.8 Å². The lowest BCUT2D eigenvalue weighted by atomic mass is 10.1. The summed E-state index contributed by atoms with van der Waals surface area (Å²) in [6, 6.07) is 4.47. The van der Waals surface area contributed by atoms with Crippen LogP contribution in [0.2, 0.25) is 25.7 Å². The van der Waals surface area contributed by atoms with E-state index in [9.17, 15) is 9.90 Å². The predicted molar refractivity (Wildman–Crippen MR) is 105 cm³/mol. The second-order valence-electron chi connectivity index (χ2n) is 8.12. The first-order valence-corrected chi connectivity index (χ1v) is 12.9. The number of rotatable bonds is 7. The fourth-order valence-corrected chi connectivity index (χ4v) is 3.11. The van der Waals surface area contributed by atoms with Crippen LogP contribution in [0.1, 0.15) is 26.3 Å². The number of halogens is 1. The van der Waals surface area contributed by atoms with Crippen molar-refractivity contribution in [3.05, 3.63) is 22.2 Å². The molecule has 1 aromatic rings. The van der Waals surface area contributed by atoms with Gasteiger partial charge in [0.2, 0.25) is 0 Å². The van der Waals surface area contributed by atoms with Gasteiger partial charge in [0, 0.05) is 14.7 Å². The number of carbonyl (C=O) groups excluding carboxylic acids is 1.